The van der Waals surface area contributed by atoms with Crippen molar-refractivity contribution in [1.82, 2.24) is 9.88 Å². The van der Waals surface area contributed by atoms with Gasteiger partial charge in [-0.15, -0.1) is 0 Å². The maximum Gasteiger partial charge on any atom is 0.270 e. The van der Waals surface area contributed by atoms with Crippen LogP contribution in [0.3, 0.4) is 0 Å². The Balaban J connectivity index is 1.86. The maximum absolute atomic E-state index is 12.7. The van der Waals surface area contributed by atoms with Crippen LogP contribution in [0.1, 0.15) is 43.1 Å². The first kappa shape index (κ1) is 13.0. The van der Waals surface area contributed by atoms with E-state index in [2.05, 4.69) is 11.9 Å². The molecule has 3 N–H and O–H groups in total. The normalized spacial score (nSPS) is 14.7. The van der Waals surface area contributed by atoms with Crippen LogP contribution in [0.5, 0.6) is 0 Å². The quantitative estimate of drug-likeness (QED) is 0.821. The SMILES string of the molecule is CCCCN(C(=O)c1cc2cc(N)ccc2[nH]1)C1CC1. The van der Waals surface area contributed by atoms with E-state index in [0.717, 1.165) is 48.8 Å². The highest BCUT2D eigenvalue weighted by molar-refractivity contribution is 5.98. The molecule has 0 unspecified atom stereocenters. The number of aromatic nitrogens is 1. The summed E-state index contributed by atoms with van der Waals surface area (Å²) in [5.41, 5.74) is 8.15. The van der Waals surface area contributed by atoms with Gasteiger partial charge in [0.2, 0.25) is 0 Å². The Bertz CT molecular complexity index is 628. The van der Waals surface area contributed by atoms with Gasteiger partial charge in [-0.25, -0.2) is 0 Å². The fourth-order valence-electron chi connectivity index (χ4n) is 2.59. The number of nitrogens with two attached hydrogens (primary N) is 1. The van der Waals surface area contributed by atoms with Gasteiger partial charge in [0.15, 0.2) is 0 Å². The molecular weight excluding hydrogens is 250 g/mol. The van der Waals surface area contributed by atoms with Gasteiger partial charge < -0.3 is 15.6 Å². The highest BCUT2D eigenvalue weighted by atomic mass is 16.2. The van der Waals surface area contributed by atoms with Gasteiger partial charge in [-0.2, -0.15) is 0 Å². The van der Waals surface area contributed by atoms with Gasteiger partial charge in [-0.3, -0.25) is 4.79 Å². The summed E-state index contributed by atoms with van der Waals surface area (Å²) >= 11 is 0. The Morgan fingerprint density at radius 1 is 1.40 bits per heavy atom. The summed E-state index contributed by atoms with van der Waals surface area (Å²) in [5, 5.41) is 1.000. The van der Waals surface area contributed by atoms with Crippen molar-refractivity contribution >= 4 is 22.5 Å². The number of hydrogen-bond donors (Lipinski definition) is 2. The van der Waals surface area contributed by atoms with Crippen molar-refractivity contribution in [2.45, 2.75) is 38.6 Å². The first-order valence-corrected chi connectivity index (χ1v) is 7.38. The minimum atomic E-state index is 0.121. The number of carbonyl (C=O) groups is 1. The number of amides is 1. The summed E-state index contributed by atoms with van der Waals surface area (Å²) in [6, 6.07) is 8.04. The molecule has 3 rings (SSSR count). The fourth-order valence-corrected chi connectivity index (χ4v) is 2.59. The van der Waals surface area contributed by atoms with Crippen molar-refractivity contribution in [3.8, 4) is 0 Å². The first-order valence-electron chi connectivity index (χ1n) is 7.38. The molecular formula is C16H21N3O. The van der Waals surface area contributed by atoms with E-state index in [-0.39, 0.29) is 5.91 Å². The average Bonchev–Trinajstić information content (AvgIpc) is 3.18. The minimum absolute atomic E-state index is 0.121. The number of nitrogens with one attached hydrogen (secondary N) is 1. The van der Waals surface area contributed by atoms with Crippen molar-refractivity contribution in [3.05, 3.63) is 30.0 Å². The average molecular weight is 271 g/mol. The molecule has 0 aliphatic heterocycles. The molecule has 1 amide bonds. The number of unbranched alkanes of at least 4 members (excludes halogenated alkanes) is 1. The Morgan fingerprint density at radius 2 is 2.20 bits per heavy atom. The number of carbonyl (C=O) groups excluding carboxylic acids is 1. The Kier molecular flexibility index (Phi) is 3.38. The molecule has 4 heteroatoms. The van der Waals surface area contributed by atoms with E-state index in [4.69, 9.17) is 5.73 Å². The third-order valence-corrected chi connectivity index (χ3v) is 3.88. The van der Waals surface area contributed by atoms with Crippen LogP contribution in [0.15, 0.2) is 24.3 Å². The van der Waals surface area contributed by atoms with Crippen LogP contribution in [0.2, 0.25) is 0 Å². The van der Waals surface area contributed by atoms with Crippen molar-refractivity contribution in [2.24, 2.45) is 0 Å². The second-order valence-electron chi connectivity index (χ2n) is 5.61. The lowest BCUT2D eigenvalue weighted by molar-refractivity contribution is 0.0736. The highest BCUT2D eigenvalue weighted by Crippen LogP contribution is 2.29. The molecule has 0 saturated heterocycles. The highest BCUT2D eigenvalue weighted by Gasteiger charge is 2.33. The molecule has 0 bridgehead atoms. The number of rotatable bonds is 5. The van der Waals surface area contributed by atoms with Gasteiger partial charge >= 0.3 is 0 Å². The molecule has 2 aromatic rings. The van der Waals surface area contributed by atoms with Crippen LogP contribution >= 0.6 is 0 Å². The van der Waals surface area contributed by atoms with E-state index >= 15 is 0 Å². The van der Waals surface area contributed by atoms with Crippen molar-refractivity contribution < 1.29 is 4.79 Å². The van der Waals surface area contributed by atoms with Crippen LogP contribution in [0.25, 0.3) is 10.9 Å². The van der Waals surface area contributed by atoms with Gasteiger partial charge in [0.25, 0.3) is 5.91 Å². The summed E-state index contributed by atoms with van der Waals surface area (Å²) in [7, 11) is 0. The predicted molar refractivity (Wildman–Crippen MR) is 81.7 cm³/mol. The van der Waals surface area contributed by atoms with E-state index in [9.17, 15) is 4.79 Å². The molecule has 4 nitrogen and oxygen atoms in total. The number of aromatic amines is 1. The van der Waals surface area contributed by atoms with Gasteiger partial charge in [-0.05, 0) is 43.5 Å². The zero-order valence-electron chi connectivity index (χ0n) is 11.9. The molecule has 0 atom stereocenters. The summed E-state index contributed by atoms with van der Waals surface area (Å²) in [4.78, 5) is 17.9. The van der Waals surface area contributed by atoms with E-state index in [1.54, 1.807) is 0 Å². The second kappa shape index (κ2) is 5.19. The maximum atomic E-state index is 12.7. The van der Waals surface area contributed by atoms with Crippen molar-refractivity contribution in [1.29, 1.82) is 0 Å². The third kappa shape index (κ3) is 2.50. The number of H-pyrrole nitrogens is 1. The van der Waals surface area contributed by atoms with E-state index < -0.39 is 0 Å². The number of hydrogen-bond acceptors (Lipinski definition) is 2. The number of anilines is 1. The smallest absolute Gasteiger partial charge is 0.270 e. The molecule has 1 heterocycles. The van der Waals surface area contributed by atoms with E-state index in [1.807, 2.05) is 29.2 Å². The Hall–Kier alpha value is -1.97. The molecule has 1 saturated carbocycles. The lowest BCUT2D eigenvalue weighted by Gasteiger charge is -2.21. The van der Waals surface area contributed by atoms with E-state index in [1.165, 1.54) is 0 Å². The standard InChI is InChI=1S/C16H21N3O/c1-2-3-8-19(13-5-6-13)16(20)15-10-11-9-12(17)4-7-14(11)18-15/h4,7,9-10,13,18H,2-3,5-6,8,17H2,1H3. The predicted octanol–water partition coefficient (Wildman–Crippen LogP) is 3.15. The van der Waals surface area contributed by atoms with E-state index in [0.29, 0.717) is 11.7 Å². The van der Waals surface area contributed by atoms with Crippen molar-refractivity contribution in [3.63, 3.8) is 0 Å². The zero-order chi connectivity index (χ0) is 14.1. The Morgan fingerprint density at radius 3 is 2.90 bits per heavy atom. The van der Waals surface area contributed by atoms with Crippen LogP contribution in [-0.4, -0.2) is 28.4 Å². The molecule has 1 fully saturated rings. The monoisotopic (exact) mass is 271 g/mol. The molecule has 0 spiro atoms. The summed E-state index contributed by atoms with van der Waals surface area (Å²) in [5.74, 6) is 0.121. The molecule has 1 aliphatic carbocycles. The van der Waals surface area contributed by atoms with Crippen LogP contribution < -0.4 is 5.73 Å². The summed E-state index contributed by atoms with van der Waals surface area (Å²) < 4.78 is 0. The number of nitrogens with zero attached hydrogens (tertiary/aromatic N) is 1. The third-order valence-electron chi connectivity index (χ3n) is 3.88. The molecule has 106 valence electrons. The number of fused-ring (bicyclic) bond motifs is 1. The van der Waals surface area contributed by atoms with Gasteiger partial charge in [0, 0.05) is 29.2 Å². The van der Waals surface area contributed by atoms with Crippen LogP contribution in [0, 0.1) is 0 Å². The first-order chi connectivity index (χ1) is 9.69. The second-order valence-corrected chi connectivity index (χ2v) is 5.61. The lowest BCUT2D eigenvalue weighted by atomic mass is 10.2. The molecule has 1 aromatic heterocycles. The van der Waals surface area contributed by atoms with Gasteiger partial charge in [0.1, 0.15) is 5.69 Å². The molecule has 1 aliphatic rings. The van der Waals surface area contributed by atoms with Crippen LogP contribution in [0.4, 0.5) is 5.69 Å². The largest absolute Gasteiger partial charge is 0.399 e. The topological polar surface area (TPSA) is 62.1 Å². The van der Waals surface area contributed by atoms with Gasteiger partial charge in [-0.1, -0.05) is 13.3 Å². The number of benzene rings is 1. The van der Waals surface area contributed by atoms with Crippen LogP contribution in [-0.2, 0) is 0 Å². The number of nitrogen functional groups attached to an aromatic ring is 1. The van der Waals surface area contributed by atoms with Gasteiger partial charge in [0.05, 0.1) is 0 Å². The molecule has 0 radical (unpaired) electrons. The molecule has 1 aromatic carbocycles. The molecule has 20 heavy (non-hydrogen) atoms. The lowest BCUT2D eigenvalue weighted by Crippen LogP contribution is -2.34. The summed E-state index contributed by atoms with van der Waals surface area (Å²) in [6.07, 6.45) is 4.46. The fraction of sp³-hybridized carbons (Fsp3) is 0.438. The minimum Gasteiger partial charge on any atom is -0.399 e. The summed E-state index contributed by atoms with van der Waals surface area (Å²) in [6.45, 7) is 3.01. The Labute approximate surface area is 118 Å². The van der Waals surface area contributed by atoms with Crippen molar-refractivity contribution in [2.75, 3.05) is 12.3 Å². The zero-order valence-corrected chi connectivity index (χ0v) is 11.9.